The fraction of sp³-hybridized carbons (Fsp3) is 0.562. The average Bonchev–Trinajstić information content (AvgIpc) is 2.61. The highest BCUT2D eigenvalue weighted by Crippen LogP contribution is 2.71. The smallest absolute Gasteiger partial charge is 0.306 e. The lowest BCUT2D eigenvalue weighted by Gasteiger charge is -2.34. The Labute approximate surface area is 154 Å². The molecule has 0 saturated carbocycles. The lowest BCUT2D eigenvalue weighted by atomic mass is 10.1. The molecule has 0 fully saturated rings. The molecule has 0 heterocycles. The first-order chi connectivity index (χ1) is 12.4. The Hall–Kier alpha value is -1.03. The van der Waals surface area contributed by atoms with Crippen LogP contribution in [0, 0.1) is 11.3 Å². The molecule has 26 heavy (non-hydrogen) atoms. The van der Waals surface area contributed by atoms with Gasteiger partial charge in [-0.1, -0.05) is 30.3 Å². The van der Waals surface area contributed by atoms with E-state index in [2.05, 4.69) is 0 Å². The van der Waals surface area contributed by atoms with Gasteiger partial charge in [0.1, 0.15) is 6.07 Å². The summed E-state index contributed by atoms with van der Waals surface area (Å²) in [5, 5.41) is 7.66. The number of nitrogens with zero attached hydrogens (tertiary/aromatic N) is 1. The van der Waals surface area contributed by atoms with Crippen LogP contribution in [0.4, 0.5) is 0 Å². The van der Waals surface area contributed by atoms with Crippen LogP contribution in [0.25, 0.3) is 0 Å². The molecule has 0 saturated heterocycles. The normalized spacial score (nSPS) is 14.6. The Balaban J connectivity index is 3.63. The van der Waals surface area contributed by atoms with Crippen LogP contribution in [-0.2, 0) is 37.1 Å². The third-order valence-electron chi connectivity index (χ3n) is 3.12. The zero-order valence-electron chi connectivity index (χ0n) is 15.4. The Morgan fingerprint density at radius 3 is 1.73 bits per heavy atom. The molecule has 0 aliphatic rings. The predicted molar refractivity (Wildman–Crippen MR) is 96.5 cm³/mol. The van der Waals surface area contributed by atoms with E-state index in [1.54, 1.807) is 45.9 Å². The fourth-order valence-corrected chi connectivity index (χ4v) is 5.89. The molecule has 10 heteroatoms. The zero-order valence-corrected chi connectivity index (χ0v) is 17.2. The number of benzene rings is 1. The Kier molecular flexibility index (Phi) is 9.15. The summed E-state index contributed by atoms with van der Waals surface area (Å²) in [6, 6.07) is 9.83. The number of hydrogen-bond acceptors (Lipinski definition) is 8. The van der Waals surface area contributed by atoms with E-state index in [9.17, 15) is 14.4 Å². The largest absolute Gasteiger partial charge is 0.477 e. The monoisotopic (exact) mass is 405 g/mol. The topological polar surface area (TPSA) is 104 Å². The highest BCUT2D eigenvalue weighted by molar-refractivity contribution is 7.56. The second kappa shape index (κ2) is 10.3. The van der Waals surface area contributed by atoms with Gasteiger partial charge in [-0.2, -0.15) is 5.26 Å². The summed E-state index contributed by atoms with van der Waals surface area (Å²) in [6.45, 7) is 6.37. The van der Waals surface area contributed by atoms with Gasteiger partial charge in [0.15, 0.2) is 0 Å². The summed E-state index contributed by atoms with van der Waals surface area (Å²) in [7, 11) is -8.46. The van der Waals surface area contributed by atoms with Crippen LogP contribution < -0.4 is 0 Å². The molecule has 0 aliphatic carbocycles. The number of phosphoric ester groups is 1. The van der Waals surface area contributed by atoms with E-state index in [0.29, 0.717) is 0 Å². The first kappa shape index (κ1) is 23.0. The van der Waals surface area contributed by atoms with Crippen LogP contribution in [0.15, 0.2) is 30.3 Å². The SMILES string of the molecule is CCOP(=O)(OCC)OC(C#N)(c1ccccc1)P(=O)(OCC)OCC. The van der Waals surface area contributed by atoms with E-state index in [1.807, 2.05) is 6.07 Å². The lowest BCUT2D eigenvalue weighted by molar-refractivity contribution is 0.0597. The molecule has 1 atom stereocenters. The van der Waals surface area contributed by atoms with E-state index < -0.39 is 20.8 Å². The summed E-state index contributed by atoms with van der Waals surface area (Å²) in [4.78, 5) is 0. The molecule has 0 amide bonds. The maximum atomic E-state index is 13.5. The minimum atomic E-state index is -4.24. The van der Waals surface area contributed by atoms with Gasteiger partial charge in [-0.15, -0.1) is 0 Å². The highest BCUT2D eigenvalue weighted by atomic mass is 31.2. The minimum absolute atomic E-state index is 0.00114. The minimum Gasteiger partial charge on any atom is -0.306 e. The third kappa shape index (κ3) is 5.03. The van der Waals surface area contributed by atoms with Crippen molar-refractivity contribution >= 4 is 15.4 Å². The third-order valence-corrected chi connectivity index (χ3v) is 7.33. The molecule has 0 bridgehead atoms. The lowest BCUT2D eigenvalue weighted by Crippen LogP contribution is -2.30. The van der Waals surface area contributed by atoms with Crippen molar-refractivity contribution in [3.63, 3.8) is 0 Å². The van der Waals surface area contributed by atoms with Gasteiger partial charge in [-0.3, -0.25) is 13.6 Å². The summed E-state index contributed by atoms with van der Waals surface area (Å²) in [5.74, 6) is 0. The van der Waals surface area contributed by atoms with Crippen molar-refractivity contribution in [2.45, 2.75) is 33.0 Å². The van der Waals surface area contributed by atoms with Crippen molar-refractivity contribution in [2.75, 3.05) is 26.4 Å². The molecule has 146 valence electrons. The van der Waals surface area contributed by atoms with Crippen LogP contribution in [0.5, 0.6) is 0 Å². The maximum Gasteiger partial charge on any atom is 0.477 e. The van der Waals surface area contributed by atoms with Gasteiger partial charge in [0.2, 0.25) is 0 Å². The van der Waals surface area contributed by atoms with Crippen molar-refractivity contribution in [1.29, 1.82) is 5.26 Å². The van der Waals surface area contributed by atoms with Gasteiger partial charge < -0.3 is 9.05 Å². The summed E-state index contributed by atoms with van der Waals surface area (Å²) >= 11 is 0. The van der Waals surface area contributed by atoms with Crippen molar-refractivity contribution in [3.05, 3.63) is 35.9 Å². The van der Waals surface area contributed by atoms with Gasteiger partial charge in [0, 0.05) is 5.56 Å². The average molecular weight is 405 g/mol. The van der Waals surface area contributed by atoms with Crippen molar-refractivity contribution < 1.29 is 31.7 Å². The quantitative estimate of drug-likeness (QED) is 0.456. The summed E-state index contributed by atoms with van der Waals surface area (Å²) in [5.41, 5.74) is 0.160. The fourth-order valence-electron chi connectivity index (χ4n) is 2.20. The number of rotatable bonds is 12. The standard InChI is InChI=1S/C16H25NO7P2/c1-5-20-25(18,21-6-2)16(14-17,15-12-10-9-11-13-15)24-26(19,22-7-3)23-8-4/h9-13H,5-8H2,1-4H3. The van der Waals surface area contributed by atoms with Crippen molar-refractivity contribution in [1.82, 2.24) is 0 Å². The number of hydrogen-bond donors (Lipinski definition) is 0. The van der Waals surface area contributed by atoms with E-state index in [1.165, 1.54) is 12.1 Å². The molecule has 1 aromatic rings. The van der Waals surface area contributed by atoms with E-state index in [4.69, 9.17) is 22.6 Å². The summed E-state index contributed by atoms with van der Waals surface area (Å²) < 4.78 is 53.0. The molecule has 0 N–H and O–H groups in total. The molecule has 1 aromatic carbocycles. The molecule has 0 spiro atoms. The van der Waals surface area contributed by atoms with E-state index in [0.717, 1.165) is 0 Å². The van der Waals surface area contributed by atoms with Gasteiger partial charge >= 0.3 is 15.4 Å². The predicted octanol–water partition coefficient (Wildman–Crippen LogP) is 4.83. The first-order valence-corrected chi connectivity index (χ1v) is 11.3. The second-order valence-electron chi connectivity index (χ2n) is 4.83. The van der Waals surface area contributed by atoms with Gasteiger partial charge in [0.25, 0.3) is 5.34 Å². The van der Waals surface area contributed by atoms with Crippen LogP contribution in [-0.4, -0.2) is 26.4 Å². The summed E-state index contributed by atoms with van der Waals surface area (Å²) in [6.07, 6.45) is 0. The van der Waals surface area contributed by atoms with Crippen molar-refractivity contribution in [3.8, 4) is 6.07 Å². The van der Waals surface area contributed by atoms with Crippen LogP contribution in [0.1, 0.15) is 33.3 Å². The molecule has 1 unspecified atom stereocenters. The van der Waals surface area contributed by atoms with Crippen LogP contribution >= 0.6 is 15.4 Å². The Morgan fingerprint density at radius 1 is 0.885 bits per heavy atom. The van der Waals surface area contributed by atoms with E-state index >= 15 is 0 Å². The number of nitriles is 1. The molecule has 8 nitrogen and oxygen atoms in total. The molecule has 0 aliphatic heterocycles. The molecular weight excluding hydrogens is 380 g/mol. The molecule has 0 aromatic heterocycles. The van der Waals surface area contributed by atoms with E-state index in [-0.39, 0.29) is 32.0 Å². The van der Waals surface area contributed by atoms with Crippen LogP contribution in [0.3, 0.4) is 0 Å². The zero-order chi connectivity index (χ0) is 19.7. The second-order valence-corrected chi connectivity index (χ2v) is 8.56. The van der Waals surface area contributed by atoms with Gasteiger partial charge in [0.05, 0.1) is 26.4 Å². The molecule has 0 radical (unpaired) electrons. The Morgan fingerprint density at radius 2 is 1.35 bits per heavy atom. The maximum absolute atomic E-state index is 13.5. The van der Waals surface area contributed by atoms with Crippen molar-refractivity contribution in [2.24, 2.45) is 0 Å². The van der Waals surface area contributed by atoms with Gasteiger partial charge in [-0.25, -0.2) is 9.09 Å². The number of phosphoric acid groups is 1. The Bertz CT molecular complexity index is 672. The van der Waals surface area contributed by atoms with Gasteiger partial charge in [-0.05, 0) is 27.7 Å². The molecular formula is C16H25NO7P2. The molecule has 1 rings (SSSR count). The first-order valence-electron chi connectivity index (χ1n) is 8.32. The highest BCUT2D eigenvalue weighted by Gasteiger charge is 2.59. The van der Waals surface area contributed by atoms with Crippen LogP contribution in [0.2, 0.25) is 0 Å².